The van der Waals surface area contributed by atoms with E-state index < -0.39 is 0 Å². The first-order valence-electron chi connectivity index (χ1n) is 19.8. The van der Waals surface area contributed by atoms with Crippen molar-refractivity contribution in [3.05, 3.63) is 144 Å². The number of benzene rings is 6. The van der Waals surface area contributed by atoms with Gasteiger partial charge in [-0.25, -0.2) is 0 Å². The molecule has 10 rings (SSSR count). The minimum Gasteiger partial charge on any atom is -0.469 e. The third-order valence-corrected chi connectivity index (χ3v) is 12.9. The third kappa shape index (κ3) is 4.80. The maximum absolute atomic E-state index is 7.27. The zero-order valence-corrected chi connectivity index (χ0v) is 32.9. The molecule has 0 unspecified atom stereocenters. The molecule has 0 saturated carbocycles. The summed E-state index contributed by atoms with van der Waals surface area (Å²) in [6.45, 7) is 19.0. The van der Waals surface area contributed by atoms with E-state index in [1.54, 1.807) is 0 Å². The van der Waals surface area contributed by atoms with Crippen LogP contribution in [-0.2, 0) is 16.2 Å². The summed E-state index contributed by atoms with van der Waals surface area (Å²) in [5.74, 6) is 0.959. The molecule has 3 aliphatic rings. The van der Waals surface area contributed by atoms with E-state index in [1.807, 2.05) is 0 Å². The number of furan rings is 1. The third-order valence-electron chi connectivity index (χ3n) is 12.9. The molecule has 2 aliphatic heterocycles. The average molecular weight is 702 g/mol. The smallest absolute Gasteiger partial charge is 0.293 e. The van der Waals surface area contributed by atoms with Crippen LogP contribution in [0.25, 0.3) is 44.3 Å². The fraction of sp³-hybridized carbons (Fsp3) is 0.255. The standard InChI is InChI=1S/C51H48BNO/c1-31-26-38-35-20-15-21-36-45(35)48(54-47(36)33-18-13-10-14-19-33)52-41-29-39-40(51(7,8)25-24-50(39,5)6)30-43(41)53(44(27-31)46(38)52)42-23-22-34(49(2,3)4)28-37(42)32-16-11-9-12-17-32/h9-23,26-30H,24-25H2,1-8H3. The SMILES string of the molecule is Cc1cc2c3c(c1)N(c1ccc(C(C)(C)C)cc1-c1ccccc1)c1cc4c(cc1B3c1oc(-c3ccccc3)c3cccc-2c13)C(C)(C)CCC4(C)C. The average Bonchev–Trinajstić information content (AvgIpc) is 3.55. The fourth-order valence-corrected chi connectivity index (χ4v) is 9.85. The lowest BCUT2D eigenvalue weighted by atomic mass is 9.34. The highest BCUT2D eigenvalue weighted by atomic mass is 16.3. The summed E-state index contributed by atoms with van der Waals surface area (Å²) in [7, 11) is 0. The van der Waals surface area contributed by atoms with Crippen LogP contribution in [0.5, 0.6) is 0 Å². The molecular formula is C51H48BNO. The second-order valence-electron chi connectivity index (χ2n) is 18.5. The molecule has 3 heterocycles. The van der Waals surface area contributed by atoms with Crippen molar-refractivity contribution in [3.8, 4) is 33.6 Å². The Kier molecular flexibility index (Phi) is 7.01. The molecule has 2 nitrogen and oxygen atoms in total. The van der Waals surface area contributed by atoms with Crippen molar-refractivity contribution < 1.29 is 4.42 Å². The molecule has 0 spiro atoms. The molecule has 0 amide bonds. The van der Waals surface area contributed by atoms with Crippen molar-refractivity contribution >= 4 is 51.1 Å². The number of nitrogens with zero attached hydrogens (tertiary/aromatic N) is 1. The fourth-order valence-electron chi connectivity index (χ4n) is 9.85. The number of fused-ring (bicyclic) bond motifs is 5. The van der Waals surface area contributed by atoms with E-state index in [0.29, 0.717) is 0 Å². The number of hydrogen-bond donors (Lipinski definition) is 0. The first kappa shape index (κ1) is 33.3. The van der Waals surface area contributed by atoms with Gasteiger partial charge in [-0.15, -0.1) is 0 Å². The van der Waals surface area contributed by atoms with Crippen molar-refractivity contribution in [2.24, 2.45) is 0 Å². The molecule has 1 aromatic heterocycles. The number of hydrogen-bond acceptors (Lipinski definition) is 2. The Balaban J connectivity index is 1.35. The van der Waals surface area contributed by atoms with Gasteiger partial charge in [-0.2, -0.15) is 0 Å². The zero-order valence-electron chi connectivity index (χ0n) is 32.9. The molecule has 0 saturated heterocycles. The highest BCUT2D eigenvalue weighted by Crippen LogP contribution is 2.51. The van der Waals surface area contributed by atoms with Crippen LogP contribution in [0.15, 0.2) is 126 Å². The molecule has 0 N–H and O–H groups in total. The van der Waals surface area contributed by atoms with E-state index in [2.05, 4.69) is 182 Å². The molecule has 266 valence electrons. The van der Waals surface area contributed by atoms with E-state index in [4.69, 9.17) is 4.42 Å². The van der Waals surface area contributed by atoms with Crippen molar-refractivity contribution in [1.29, 1.82) is 0 Å². The quantitative estimate of drug-likeness (QED) is 0.171. The maximum atomic E-state index is 7.27. The molecule has 3 heteroatoms. The van der Waals surface area contributed by atoms with Gasteiger partial charge in [0, 0.05) is 33.3 Å². The molecule has 6 aromatic carbocycles. The van der Waals surface area contributed by atoms with Crippen LogP contribution >= 0.6 is 0 Å². The van der Waals surface area contributed by atoms with Gasteiger partial charge in [0.15, 0.2) is 0 Å². The Bertz CT molecular complexity index is 2660. The van der Waals surface area contributed by atoms with Gasteiger partial charge in [-0.3, -0.25) is 0 Å². The van der Waals surface area contributed by atoms with Crippen molar-refractivity contribution in [2.45, 2.75) is 84.5 Å². The maximum Gasteiger partial charge on any atom is 0.293 e. The molecule has 7 aromatic rings. The van der Waals surface area contributed by atoms with Crippen LogP contribution in [0.3, 0.4) is 0 Å². The Morgan fingerprint density at radius 1 is 0.611 bits per heavy atom. The summed E-state index contributed by atoms with van der Waals surface area (Å²) < 4.78 is 7.27. The molecule has 1 aliphatic carbocycles. The summed E-state index contributed by atoms with van der Waals surface area (Å²) in [5, 5.41) is 2.44. The minimum atomic E-state index is -0.0446. The molecule has 0 fully saturated rings. The molecule has 0 atom stereocenters. The Labute approximate surface area is 321 Å². The summed E-state index contributed by atoms with van der Waals surface area (Å²) in [4.78, 5) is 2.62. The van der Waals surface area contributed by atoms with Gasteiger partial charge in [0.1, 0.15) is 5.76 Å². The Hall–Kier alpha value is -5.28. The topological polar surface area (TPSA) is 16.4 Å². The minimum absolute atomic E-state index is 0.00890. The van der Waals surface area contributed by atoms with Gasteiger partial charge in [-0.05, 0) is 110 Å². The second-order valence-corrected chi connectivity index (χ2v) is 18.5. The second kappa shape index (κ2) is 11.4. The van der Waals surface area contributed by atoms with Crippen LogP contribution in [0.4, 0.5) is 17.1 Å². The normalized spacial score (nSPS) is 16.2. The number of anilines is 3. The highest BCUT2D eigenvalue weighted by Gasteiger charge is 2.47. The molecular weight excluding hydrogens is 653 g/mol. The zero-order chi connectivity index (χ0) is 37.3. The predicted molar refractivity (Wildman–Crippen MR) is 231 cm³/mol. The lowest BCUT2D eigenvalue weighted by Gasteiger charge is -2.46. The van der Waals surface area contributed by atoms with Gasteiger partial charge >= 0.3 is 0 Å². The number of aryl methyl sites for hydroxylation is 1. The van der Waals surface area contributed by atoms with Crippen LogP contribution in [0.1, 0.15) is 83.6 Å². The lowest BCUT2D eigenvalue weighted by molar-refractivity contribution is 0.332. The highest BCUT2D eigenvalue weighted by molar-refractivity contribution is 7.00. The van der Waals surface area contributed by atoms with E-state index in [-0.39, 0.29) is 23.0 Å². The Morgan fingerprint density at radius 2 is 1.28 bits per heavy atom. The molecule has 0 radical (unpaired) electrons. The first-order valence-corrected chi connectivity index (χ1v) is 19.8. The van der Waals surface area contributed by atoms with E-state index >= 15 is 0 Å². The van der Waals surface area contributed by atoms with E-state index in [0.717, 1.165) is 23.4 Å². The van der Waals surface area contributed by atoms with Gasteiger partial charge < -0.3 is 9.32 Å². The van der Waals surface area contributed by atoms with E-state index in [1.165, 1.54) is 89.7 Å². The van der Waals surface area contributed by atoms with Crippen molar-refractivity contribution in [3.63, 3.8) is 0 Å². The largest absolute Gasteiger partial charge is 0.469 e. The van der Waals surface area contributed by atoms with Gasteiger partial charge in [0.2, 0.25) is 0 Å². The first-order chi connectivity index (χ1) is 25.8. The molecule has 0 bridgehead atoms. The van der Waals surface area contributed by atoms with Gasteiger partial charge in [0.05, 0.1) is 11.3 Å². The summed E-state index contributed by atoms with van der Waals surface area (Å²) >= 11 is 0. The van der Waals surface area contributed by atoms with E-state index in [9.17, 15) is 0 Å². The van der Waals surface area contributed by atoms with Crippen LogP contribution in [0.2, 0.25) is 0 Å². The van der Waals surface area contributed by atoms with Crippen molar-refractivity contribution in [1.82, 2.24) is 0 Å². The predicted octanol–water partition coefficient (Wildman–Crippen LogP) is 12.0. The molecule has 54 heavy (non-hydrogen) atoms. The number of rotatable bonds is 3. The lowest BCUT2D eigenvalue weighted by Crippen LogP contribution is -2.59. The Morgan fingerprint density at radius 3 is 1.96 bits per heavy atom. The van der Waals surface area contributed by atoms with Crippen LogP contribution in [-0.4, -0.2) is 6.71 Å². The van der Waals surface area contributed by atoms with Crippen molar-refractivity contribution in [2.75, 3.05) is 4.90 Å². The van der Waals surface area contributed by atoms with Gasteiger partial charge in [0.25, 0.3) is 6.71 Å². The summed E-state index contributed by atoms with van der Waals surface area (Å²) in [5.41, 5.74) is 19.3. The van der Waals surface area contributed by atoms with Crippen LogP contribution in [0, 0.1) is 6.92 Å². The van der Waals surface area contributed by atoms with Crippen LogP contribution < -0.4 is 21.5 Å². The summed E-state index contributed by atoms with van der Waals surface area (Å²) in [6.07, 6.45) is 2.33. The summed E-state index contributed by atoms with van der Waals surface area (Å²) in [6, 6.07) is 45.7. The monoisotopic (exact) mass is 701 g/mol. The van der Waals surface area contributed by atoms with Gasteiger partial charge in [-0.1, -0.05) is 146 Å².